The summed E-state index contributed by atoms with van der Waals surface area (Å²) in [7, 11) is 0. The van der Waals surface area contributed by atoms with Gasteiger partial charge in [-0.15, -0.1) is 0 Å². The zero-order valence-electron chi connectivity index (χ0n) is 10.4. The van der Waals surface area contributed by atoms with Crippen molar-refractivity contribution in [3.05, 3.63) is 70.5 Å². The second-order valence-corrected chi connectivity index (χ2v) is 4.53. The molecule has 2 rings (SSSR count). The highest BCUT2D eigenvalue weighted by molar-refractivity contribution is 6.30. The van der Waals surface area contributed by atoms with E-state index >= 15 is 0 Å². The predicted molar refractivity (Wildman–Crippen MR) is 74.5 cm³/mol. The molecule has 0 aliphatic rings. The van der Waals surface area contributed by atoms with Gasteiger partial charge < -0.3 is 5.32 Å². The third-order valence-corrected chi connectivity index (χ3v) is 2.92. The minimum Gasteiger partial charge on any atom is -0.344 e. The maximum atomic E-state index is 13.5. The molecule has 0 saturated carbocycles. The molecular weight excluding hydrogens is 281 g/mol. The number of carbonyl (C=O) groups excluding carboxylic acids is 2. The Kier molecular flexibility index (Phi) is 4.48. The number of nitrogens with one attached hydrogen (secondary N) is 1. The first-order chi connectivity index (χ1) is 9.58. The van der Waals surface area contributed by atoms with E-state index in [1.165, 1.54) is 12.1 Å². The second-order valence-electron chi connectivity index (χ2n) is 4.10. The molecule has 1 amide bonds. The van der Waals surface area contributed by atoms with Gasteiger partial charge in [-0.25, -0.2) is 4.39 Å². The van der Waals surface area contributed by atoms with Crippen LogP contribution < -0.4 is 5.32 Å². The number of rotatable bonds is 4. The first-order valence-corrected chi connectivity index (χ1v) is 6.27. The molecule has 0 unspecified atom stereocenters. The van der Waals surface area contributed by atoms with Gasteiger partial charge in [-0.2, -0.15) is 0 Å². The largest absolute Gasteiger partial charge is 0.344 e. The number of hydrogen-bond acceptors (Lipinski definition) is 2. The van der Waals surface area contributed by atoms with Crippen molar-refractivity contribution >= 4 is 23.3 Å². The molecule has 2 aromatic rings. The molecule has 0 aliphatic heterocycles. The third kappa shape index (κ3) is 3.42. The van der Waals surface area contributed by atoms with Crippen LogP contribution in [0.2, 0.25) is 5.02 Å². The molecule has 102 valence electrons. The lowest BCUT2D eigenvalue weighted by Crippen LogP contribution is -2.30. The van der Waals surface area contributed by atoms with Gasteiger partial charge in [0.2, 0.25) is 0 Å². The smallest absolute Gasteiger partial charge is 0.254 e. The van der Waals surface area contributed by atoms with Crippen LogP contribution in [-0.2, 0) is 0 Å². The summed E-state index contributed by atoms with van der Waals surface area (Å²) >= 11 is 5.60. The van der Waals surface area contributed by atoms with Gasteiger partial charge in [-0.3, -0.25) is 9.59 Å². The highest BCUT2D eigenvalue weighted by Gasteiger charge is 2.13. The summed E-state index contributed by atoms with van der Waals surface area (Å²) in [4.78, 5) is 23.6. The monoisotopic (exact) mass is 291 g/mol. The van der Waals surface area contributed by atoms with Crippen LogP contribution in [0.1, 0.15) is 20.7 Å². The van der Waals surface area contributed by atoms with Gasteiger partial charge in [0.15, 0.2) is 5.78 Å². The Hall–Kier alpha value is -2.20. The molecule has 0 radical (unpaired) electrons. The Morgan fingerprint density at radius 1 is 1.10 bits per heavy atom. The van der Waals surface area contributed by atoms with E-state index < -0.39 is 11.7 Å². The van der Waals surface area contributed by atoms with Gasteiger partial charge in [0, 0.05) is 10.6 Å². The number of ketones is 1. The normalized spacial score (nSPS) is 10.1. The van der Waals surface area contributed by atoms with E-state index in [9.17, 15) is 14.0 Å². The Morgan fingerprint density at radius 3 is 2.45 bits per heavy atom. The standard InChI is InChI=1S/C15H11ClFNO2/c16-11-6-7-12(13(17)8-11)15(20)18-9-14(19)10-4-2-1-3-5-10/h1-8H,9H2,(H,18,20). The van der Waals surface area contributed by atoms with Crippen molar-refractivity contribution in [2.45, 2.75) is 0 Å². The SMILES string of the molecule is O=C(CNC(=O)c1ccc(Cl)cc1F)c1ccccc1. The van der Waals surface area contributed by atoms with Crippen molar-refractivity contribution < 1.29 is 14.0 Å². The van der Waals surface area contributed by atoms with Crippen LogP contribution in [0.5, 0.6) is 0 Å². The molecular formula is C15H11ClFNO2. The number of halogens is 2. The Bertz CT molecular complexity index is 644. The molecule has 0 atom stereocenters. The summed E-state index contributed by atoms with van der Waals surface area (Å²) in [5, 5.41) is 2.59. The topological polar surface area (TPSA) is 46.2 Å². The zero-order valence-corrected chi connectivity index (χ0v) is 11.2. The molecule has 20 heavy (non-hydrogen) atoms. The quantitative estimate of drug-likeness (QED) is 0.880. The summed E-state index contributed by atoms with van der Waals surface area (Å²) < 4.78 is 13.5. The van der Waals surface area contributed by atoms with Crippen LogP contribution in [0.3, 0.4) is 0 Å². The van der Waals surface area contributed by atoms with E-state index in [4.69, 9.17) is 11.6 Å². The molecule has 0 fully saturated rings. The van der Waals surface area contributed by atoms with E-state index in [1.54, 1.807) is 30.3 Å². The van der Waals surface area contributed by atoms with Crippen molar-refractivity contribution in [3.63, 3.8) is 0 Å². The predicted octanol–water partition coefficient (Wildman–Crippen LogP) is 3.09. The zero-order chi connectivity index (χ0) is 14.5. The van der Waals surface area contributed by atoms with Crippen molar-refractivity contribution in [2.24, 2.45) is 0 Å². The van der Waals surface area contributed by atoms with Crippen LogP contribution in [-0.4, -0.2) is 18.2 Å². The molecule has 0 spiro atoms. The highest BCUT2D eigenvalue weighted by Crippen LogP contribution is 2.14. The summed E-state index contributed by atoms with van der Waals surface area (Å²) in [6, 6.07) is 12.3. The van der Waals surface area contributed by atoms with E-state index in [-0.39, 0.29) is 22.9 Å². The lowest BCUT2D eigenvalue weighted by molar-refractivity contribution is 0.0901. The molecule has 0 saturated heterocycles. The van der Waals surface area contributed by atoms with Crippen molar-refractivity contribution in [1.29, 1.82) is 0 Å². The third-order valence-electron chi connectivity index (χ3n) is 2.68. The summed E-state index contributed by atoms with van der Waals surface area (Å²) in [6.07, 6.45) is 0. The Balaban J connectivity index is 2.00. The fourth-order valence-corrected chi connectivity index (χ4v) is 1.81. The maximum absolute atomic E-state index is 13.5. The Morgan fingerprint density at radius 2 is 1.80 bits per heavy atom. The average molecular weight is 292 g/mol. The number of benzene rings is 2. The van der Waals surface area contributed by atoms with Crippen LogP contribution in [0.25, 0.3) is 0 Å². The highest BCUT2D eigenvalue weighted by atomic mass is 35.5. The van der Waals surface area contributed by atoms with Gasteiger partial charge >= 0.3 is 0 Å². The molecule has 2 aromatic carbocycles. The van der Waals surface area contributed by atoms with Gasteiger partial charge in [0.05, 0.1) is 12.1 Å². The molecule has 0 aromatic heterocycles. The molecule has 0 heterocycles. The van der Waals surface area contributed by atoms with Crippen LogP contribution in [0.15, 0.2) is 48.5 Å². The first-order valence-electron chi connectivity index (χ1n) is 5.89. The lowest BCUT2D eigenvalue weighted by Gasteiger charge is -2.06. The fourth-order valence-electron chi connectivity index (χ4n) is 1.66. The number of Topliss-reactive ketones (excluding diaryl/α,β-unsaturated/α-hetero) is 1. The van der Waals surface area contributed by atoms with E-state index in [1.807, 2.05) is 0 Å². The van der Waals surface area contributed by atoms with Crippen molar-refractivity contribution in [1.82, 2.24) is 5.32 Å². The summed E-state index contributed by atoms with van der Waals surface area (Å²) in [5.41, 5.74) is 0.347. The van der Waals surface area contributed by atoms with Gasteiger partial charge in [0.25, 0.3) is 5.91 Å². The van der Waals surface area contributed by atoms with Crippen LogP contribution in [0.4, 0.5) is 4.39 Å². The lowest BCUT2D eigenvalue weighted by atomic mass is 10.1. The number of carbonyl (C=O) groups is 2. The summed E-state index contributed by atoms with van der Waals surface area (Å²) in [6.45, 7) is -0.190. The first kappa shape index (κ1) is 14.2. The minimum absolute atomic E-state index is 0.143. The van der Waals surface area contributed by atoms with Crippen molar-refractivity contribution in [3.8, 4) is 0 Å². The number of amides is 1. The van der Waals surface area contributed by atoms with Crippen LogP contribution in [0, 0.1) is 5.82 Å². The maximum Gasteiger partial charge on any atom is 0.254 e. The van der Waals surface area contributed by atoms with Gasteiger partial charge in [0.1, 0.15) is 5.82 Å². The summed E-state index contributed by atoms with van der Waals surface area (Å²) in [5.74, 6) is -1.61. The minimum atomic E-state index is -0.720. The number of hydrogen-bond donors (Lipinski definition) is 1. The molecule has 5 heteroatoms. The van der Waals surface area contributed by atoms with Gasteiger partial charge in [-0.1, -0.05) is 41.9 Å². The fraction of sp³-hybridized carbons (Fsp3) is 0.0667. The van der Waals surface area contributed by atoms with Crippen LogP contribution >= 0.6 is 11.6 Å². The van der Waals surface area contributed by atoms with E-state index in [0.29, 0.717) is 5.56 Å². The Labute approximate surface area is 120 Å². The van der Waals surface area contributed by atoms with Gasteiger partial charge in [-0.05, 0) is 18.2 Å². The molecule has 0 bridgehead atoms. The van der Waals surface area contributed by atoms with Crippen molar-refractivity contribution in [2.75, 3.05) is 6.54 Å². The molecule has 3 nitrogen and oxygen atoms in total. The average Bonchev–Trinajstić information content (AvgIpc) is 2.45. The molecule has 1 N–H and O–H groups in total. The van der Waals surface area contributed by atoms with E-state index in [0.717, 1.165) is 6.07 Å². The van der Waals surface area contributed by atoms with E-state index in [2.05, 4.69) is 5.32 Å². The molecule has 0 aliphatic carbocycles. The second kappa shape index (κ2) is 6.30.